The molecule has 28 heavy (non-hydrogen) atoms. The van der Waals surface area contributed by atoms with Crippen molar-refractivity contribution in [2.24, 2.45) is 0 Å². The van der Waals surface area contributed by atoms with E-state index in [-0.39, 0.29) is 11.5 Å². The van der Waals surface area contributed by atoms with E-state index >= 15 is 0 Å². The first-order valence-electron chi connectivity index (χ1n) is 8.85. The Morgan fingerprint density at radius 3 is 2.00 bits per heavy atom. The van der Waals surface area contributed by atoms with Gasteiger partial charge in [-0.2, -0.15) is 0 Å². The molecule has 0 fully saturated rings. The van der Waals surface area contributed by atoms with E-state index in [9.17, 15) is 14.7 Å². The molecule has 0 spiro atoms. The Hall–Kier alpha value is -3.31. The molecular weight excluding hydrogens is 370 g/mol. The third-order valence-corrected chi connectivity index (χ3v) is 7.39. The van der Waals surface area contributed by atoms with E-state index in [2.05, 4.69) is 0 Å². The van der Waals surface area contributed by atoms with Gasteiger partial charge in [0.2, 0.25) is 0 Å². The van der Waals surface area contributed by atoms with E-state index in [0.717, 1.165) is 25.9 Å². The summed E-state index contributed by atoms with van der Waals surface area (Å²) in [5, 5.41) is 15.2. The third-order valence-electron chi connectivity index (χ3n) is 5.16. The molecule has 0 aromatic heterocycles. The number of carbonyl (C=O) groups excluding carboxylic acids is 2. The first kappa shape index (κ1) is 16.8. The molecule has 0 radical (unpaired) electrons. The summed E-state index contributed by atoms with van der Waals surface area (Å²) in [6.45, 7) is 0. The van der Waals surface area contributed by atoms with Crippen molar-refractivity contribution in [3.05, 3.63) is 83.9 Å². The van der Waals surface area contributed by atoms with Gasteiger partial charge in [0.1, 0.15) is 0 Å². The smallest absolute Gasteiger partial charge is 0.296 e. The summed E-state index contributed by atoms with van der Waals surface area (Å²) in [6, 6.07) is 22.6. The van der Waals surface area contributed by atoms with Crippen molar-refractivity contribution in [2.45, 2.75) is 9.79 Å². The number of hydrogen-bond donors (Lipinski definition) is 0. The molecule has 1 heterocycles. The topological polar surface area (TPSA) is 60.4 Å². The molecule has 1 aliphatic rings. The first-order valence-corrected chi connectivity index (χ1v) is 10.0. The molecule has 0 N–H and O–H groups in total. The number of nitrogens with zero attached hydrogens (tertiary/aromatic N) is 1. The second-order valence-electron chi connectivity index (χ2n) is 6.69. The average Bonchev–Trinajstić information content (AvgIpc) is 2.71. The van der Waals surface area contributed by atoms with Crippen LogP contribution < -0.4 is 5.11 Å². The molecular formula is C23H15NO3S. The molecule has 1 unspecified atom stereocenters. The van der Waals surface area contributed by atoms with Crippen molar-refractivity contribution >= 4 is 44.5 Å². The van der Waals surface area contributed by atoms with Crippen LogP contribution in [0.1, 0.15) is 20.7 Å². The lowest BCUT2D eigenvalue weighted by Gasteiger charge is -2.25. The predicted octanol–water partition coefficient (Wildman–Crippen LogP) is 3.39. The van der Waals surface area contributed by atoms with E-state index in [4.69, 9.17) is 0 Å². The van der Waals surface area contributed by atoms with Crippen molar-refractivity contribution in [3.8, 4) is 0 Å². The van der Waals surface area contributed by atoms with E-state index in [1.54, 1.807) is 23.5 Å². The van der Waals surface area contributed by atoms with Gasteiger partial charge in [-0.3, -0.25) is 4.79 Å². The highest BCUT2D eigenvalue weighted by atomic mass is 32.2. The predicted molar refractivity (Wildman–Crippen MR) is 108 cm³/mol. The fourth-order valence-electron chi connectivity index (χ4n) is 3.95. The first-order chi connectivity index (χ1) is 13.6. The number of benzene rings is 4. The molecule has 5 heteroatoms. The molecule has 0 saturated carbocycles. The zero-order valence-corrected chi connectivity index (χ0v) is 15.8. The Balaban J connectivity index is 1.90. The van der Waals surface area contributed by atoms with Crippen LogP contribution in [0.3, 0.4) is 0 Å². The molecule has 1 aliphatic heterocycles. The molecule has 136 valence electrons. The molecule has 1 atom stereocenters. The quantitative estimate of drug-likeness (QED) is 0.497. The monoisotopic (exact) mass is 385 g/mol. The van der Waals surface area contributed by atoms with Crippen molar-refractivity contribution < 1.29 is 14.7 Å². The molecule has 0 saturated heterocycles. The van der Waals surface area contributed by atoms with Gasteiger partial charge in [-0.15, -0.1) is 4.31 Å². The Bertz CT molecular complexity index is 1290. The van der Waals surface area contributed by atoms with Crippen LogP contribution in [-0.2, 0) is 11.1 Å². The van der Waals surface area contributed by atoms with Crippen LogP contribution in [-0.4, -0.2) is 23.2 Å². The van der Waals surface area contributed by atoms with Crippen molar-refractivity contribution in [1.82, 2.24) is 4.31 Å². The molecule has 4 nitrogen and oxygen atoms in total. The highest BCUT2D eigenvalue weighted by Gasteiger charge is 2.43. The van der Waals surface area contributed by atoms with Gasteiger partial charge in [0.15, 0.2) is 20.9 Å². The van der Waals surface area contributed by atoms with Crippen LogP contribution in [0.25, 0.3) is 21.5 Å². The summed E-state index contributed by atoms with van der Waals surface area (Å²) < 4.78 is 1.72. The maximum atomic E-state index is 13.1. The number of hydrogen-bond acceptors (Lipinski definition) is 3. The zero-order valence-electron chi connectivity index (χ0n) is 15.0. The molecule has 0 aliphatic carbocycles. The largest absolute Gasteiger partial charge is 0.545 e. The minimum absolute atomic E-state index is 0.0597. The number of carboxylic acid groups (broad SMARTS) is 1. The number of fused-ring (bicyclic) bond motifs is 1. The standard InChI is InChI=1S/C23H15NO3S/c1-24-22(25)16-10-2-6-14-8-4-12-18(20(14)16)28(24)19-13-5-9-15-7-3-11-17(21(15)19)23(26)27/h2-13H,1H3. The third kappa shape index (κ3) is 2.26. The van der Waals surface area contributed by atoms with Crippen LogP contribution in [0, 0.1) is 0 Å². The summed E-state index contributed by atoms with van der Waals surface area (Å²) in [7, 11) is 1.78. The van der Waals surface area contributed by atoms with Crippen LogP contribution in [0.15, 0.2) is 82.6 Å². The van der Waals surface area contributed by atoms with Crippen LogP contribution in [0.4, 0.5) is 0 Å². The number of amides is 1. The van der Waals surface area contributed by atoms with Crippen LogP contribution in [0.5, 0.6) is 0 Å². The maximum absolute atomic E-state index is 13.1. The number of carbonyl (C=O) groups is 2. The molecule has 0 bridgehead atoms. The summed E-state index contributed by atoms with van der Waals surface area (Å²) >= 11 is -0.740. The van der Waals surface area contributed by atoms with Crippen molar-refractivity contribution in [3.63, 3.8) is 0 Å². The van der Waals surface area contributed by atoms with Crippen molar-refractivity contribution in [1.29, 1.82) is 0 Å². The fourth-order valence-corrected chi connectivity index (χ4v) is 6.30. The summed E-state index contributed by atoms with van der Waals surface area (Å²) in [5.74, 6) is -1.28. The lowest BCUT2D eigenvalue weighted by molar-refractivity contribution is -0.254. The Kier molecular flexibility index (Phi) is 3.67. The van der Waals surface area contributed by atoms with Gasteiger partial charge in [-0.1, -0.05) is 54.6 Å². The molecule has 4 aromatic carbocycles. The second kappa shape index (κ2) is 6.11. The van der Waals surface area contributed by atoms with Gasteiger partial charge in [-0.25, -0.2) is 0 Å². The van der Waals surface area contributed by atoms with Gasteiger partial charge in [0.25, 0.3) is 5.91 Å². The zero-order chi connectivity index (χ0) is 19.4. The SMILES string of the molecule is CN1C(=O)c2cccc3cccc(c23)[S+]1c1cccc2cccc(C(=O)[O-])c12. The highest BCUT2D eigenvalue weighted by molar-refractivity contribution is 7.95. The summed E-state index contributed by atoms with van der Waals surface area (Å²) in [6.07, 6.45) is 0. The van der Waals surface area contributed by atoms with Gasteiger partial charge in [-0.05, 0) is 29.0 Å². The second-order valence-corrected chi connectivity index (χ2v) is 8.69. The Labute approximate surface area is 164 Å². The fraction of sp³-hybridized carbons (Fsp3) is 0.0435. The summed E-state index contributed by atoms with van der Waals surface area (Å²) in [5.41, 5.74) is 0.826. The van der Waals surface area contributed by atoms with Crippen molar-refractivity contribution in [2.75, 3.05) is 7.05 Å². The number of aromatic carboxylic acids is 1. The van der Waals surface area contributed by atoms with E-state index in [0.29, 0.717) is 10.9 Å². The van der Waals surface area contributed by atoms with Crippen LogP contribution >= 0.6 is 0 Å². The van der Waals surface area contributed by atoms with E-state index in [1.165, 1.54) is 0 Å². The summed E-state index contributed by atoms with van der Waals surface area (Å²) in [4.78, 5) is 26.8. The molecule has 1 amide bonds. The number of rotatable bonds is 2. The molecule has 4 aromatic rings. The minimum atomic E-state index is -1.22. The Morgan fingerprint density at radius 1 is 0.821 bits per heavy atom. The van der Waals surface area contributed by atoms with E-state index < -0.39 is 17.1 Å². The minimum Gasteiger partial charge on any atom is -0.545 e. The number of carboxylic acids is 1. The lowest BCUT2D eigenvalue weighted by Crippen LogP contribution is -2.37. The van der Waals surface area contributed by atoms with Gasteiger partial charge in [0, 0.05) is 10.9 Å². The van der Waals surface area contributed by atoms with Crippen LogP contribution in [0.2, 0.25) is 0 Å². The van der Waals surface area contributed by atoms with Gasteiger partial charge >= 0.3 is 0 Å². The van der Waals surface area contributed by atoms with Gasteiger partial charge in [0.05, 0.1) is 24.0 Å². The van der Waals surface area contributed by atoms with Gasteiger partial charge < -0.3 is 9.90 Å². The highest BCUT2D eigenvalue weighted by Crippen LogP contribution is 2.41. The van der Waals surface area contributed by atoms with E-state index in [1.807, 2.05) is 60.7 Å². The maximum Gasteiger partial charge on any atom is 0.296 e. The normalized spacial score (nSPS) is 16.0. The molecule has 5 rings (SSSR count). The lowest BCUT2D eigenvalue weighted by atomic mass is 10.0. The average molecular weight is 385 g/mol. The Morgan fingerprint density at radius 2 is 1.36 bits per heavy atom.